The summed E-state index contributed by atoms with van der Waals surface area (Å²) < 4.78 is 0. The molecular formula is C15H34NO2P. The lowest BCUT2D eigenvalue weighted by Crippen LogP contribution is -2.07. The van der Waals surface area contributed by atoms with Crippen LogP contribution < -0.4 is 5.09 Å². The fourth-order valence-electron chi connectivity index (χ4n) is 2.32. The van der Waals surface area contributed by atoms with Gasteiger partial charge >= 0.3 is 0 Å². The van der Waals surface area contributed by atoms with Crippen LogP contribution in [-0.4, -0.2) is 16.3 Å². The molecule has 0 atom stereocenters. The average molecular weight is 291 g/mol. The molecule has 0 unspecified atom stereocenters. The minimum Gasteiger partial charge on any atom is -0.338 e. The van der Waals surface area contributed by atoms with Crippen LogP contribution in [0.4, 0.5) is 0 Å². The van der Waals surface area contributed by atoms with Crippen molar-refractivity contribution in [2.45, 2.75) is 90.4 Å². The third kappa shape index (κ3) is 18.3. The SMILES string of the molecule is CCCCCCCCCCCCCCCNP(O)O. The van der Waals surface area contributed by atoms with Gasteiger partial charge in [-0.3, -0.25) is 5.09 Å². The van der Waals surface area contributed by atoms with Crippen LogP contribution in [0, 0.1) is 0 Å². The third-order valence-electron chi connectivity index (χ3n) is 3.53. The molecule has 0 saturated carbocycles. The maximum Gasteiger partial charge on any atom is 0.250 e. The predicted molar refractivity (Wildman–Crippen MR) is 85.1 cm³/mol. The van der Waals surface area contributed by atoms with Crippen LogP contribution in [0.1, 0.15) is 90.4 Å². The molecule has 0 aliphatic heterocycles. The molecule has 0 aromatic carbocycles. The van der Waals surface area contributed by atoms with Crippen LogP contribution in [0.15, 0.2) is 0 Å². The monoisotopic (exact) mass is 291 g/mol. The van der Waals surface area contributed by atoms with Crippen LogP contribution in [0.25, 0.3) is 0 Å². The fraction of sp³-hybridized carbons (Fsp3) is 1.00. The minimum absolute atomic E-state index is 0.733. The zero-order valence-electron chi connectivity index (χ0n) is 12.7. The van der Waals surface area contributed by atoms with Crippen molar-refractivity contribution in [3.05, 3.63) is 0 Å². The largest absolute Gasteiger partial charge is 0.338 e. The predicted octanol–water partition coefficient (Wildman–Crippen LogP) is 4.88. The maximum atomic E-state index is 8.65. The van der Waals surface area contributed by atoms with Crippen molar-refractivity contribution in [3.63, 3.8) is 0 Å². The van der Waals surface area contributed by atoms with Crippen molar-refractivity contribution in [1.29, 1.82) is 0 Å². The molecule has 0 spiro atoms. The molecule has 3 nitrogen and oxygen atoms in total. The number of rotatable bonds is 15. The molecule has 0 aromatic heterocycles. The van der Waals surface area contributed by atoms with Gasteiger partial charge in [-0.25, -0.2) is 0 Å². The molecule has 116 valence electrons. The van der Waals surface area contributed by atoms with E-state index in [1.165, 1.54) is 77.0 Å². The first-order valence-electron chi connectivity index (χ1n) is 8.18. The Labute approximate surface area is 121 Å². The lowest BCUT2D eigenvalue weighted by molar-refractivity contribution is 0.461. The summed E-state index contributed by atoms with van der Waals surface area (Å²) in [6, 6.07) is 0. The van der Waals surface area contributed by atoms with Crippen LogP contribution in [-0.2, 0) is 0 Å². The smallest absolute Gasteiger partial charge is 0.250 e. The molecule has 0 fully saturated rings. The summed E-state index contributed by atoms with van der Waals surface area (Å²) in [4.78, 5) is 17.3. The summed E-state index contributed by atoms with van der Waals surface area (Å²) >= 11 is 0. The zero-order valence-corrected chi connectivity index (χ0v) is 13.6. The van der Waals surface area contributed by atoms with Gasteiger partial charge in [0.2, 0.25) is 8.53 Å². The molecule has 3 N–H and O–H groups in total. The summed E-state index contributed by atoms with van der Waals surface area (Å²) in [6.45, 7) is 3.00. The third-order valence-corrected chi connectivity index (χ3v) is 4.04. The lowest BCUT2D eigenvalue weighted by Gasteiger charge is -2.05. The van der Waals surface area contributed by atoms with Crippen LogP contribution in [0.3, 0.4) is 0 Å². The summed E-state index contributed by atoms with van der Waals surface area (Å²) in [7, 11) is -1.89. The van der Waals surface area contributed by atoms with Gasteiger partial charge in [0.25, 0.3) is 0 Å². The molecule has 0 rings (SSSR count). The van der Waals surface area contributed by atoms with E-state index in [-0.39, 0.29) is 0 Å². The van der Waals surface area contributed by atoms with Crippen molar-refractivity contribution in [3.8, 4) is 0 Å². The van der Waals surface area contributed by atoms with Gasteiger partial charge in [0.15, 0.2) is 0 Å². The van der Waals surface area contributed by atoms with Gasteiger partial charge in [0.1, 0.15) is 0 Å². The Balaban J connectivity index is 2.91. The van der Waals surface area contributed by atoms with Crippen LogP contribution >= 0.6 is 8.53 Å². The molecule has 19 heavy (non-hydrogen) atoms. The van der Waals surface area contributed by atoms with Crippen LogP contribution in [0.5, 0.6) is 0 Å². The number of hydrogen-bond donors (Lipinski definition) is 3. The van der Waals surface area contributed by atoms with Gasteiger partial charge in [-0.15, -0.1) is 0 Å². The summed E-state index contributed by atoms with van der Waals surface area (Å²) in [5, 5.41) is 2.66. The van der Waals surface area contributed by atoms with E-state index in [4.69, 9.17) is 9.79 Å². The van der Waals surface area contributed by atoms with Gasteiger partial charge in [0, 0.05) is 6.54 Å². The quantitative estimate of drug-likeness (QED) is 0.298. The van der Waals surface area contributed by atoms with E-state index in [1.54, 1.807) is 0 Å². The van der Waals surface area contributed by atoms with E-state index in [2.05, 4.69) is 12.0 Å². The molecule has 0 amide bonds. The van der Waals surface area contributed by atoms with Gasteiger partial charge in [-0.1, -0.05) is 84.0 Å². The van der Waals surface area contributed by atoms with E-state index in [0.717, 1.165) is 13.0 Å². The minimum atomic E-state index is -1.89. The highest BCUT2D eigenvalue weighted by molar-refractivity contribution is 7.42. The summed E-state index contributed by atoms with van der Waals surface area (Å²) in [6.07, 6.45) is 17.5. The molecule has 0 radical (unpaired) electrons. The molecular weight excluding hydrogens is 257 g/mol. The van der Waals surface area contributed by atoms with Crippen molar-refractivity contribution in [1.82, 2.24) is 5.09 Å². The second-order valence-electron chi connectivity index (χ2n) is 5.44. The molecule has 0 heterocycles. The summed E-state index contributed by atoms with van der Waals surface area (Å²) in [5.74, 6) is 0. The Bertz CT molecular complexity index is 168. The highest BCUT2D eigenvalue weighted by atomic mass is 31.2. The second kappa shape index (κ2) is 16.4. The molecule has 0 aromatic rings. The number of nitrogens with one attached hydrogen (secondary N) is 1. The highest BCUT2D eigenvalue weighted by Crippen LogP contribution is 2.16. The van der Waals surface area contributed by atoms with E-state index in [1.807, 2.05) is 0 Å². The molecule has 0 aliphatic rings. The first-order valence-corrected chi connectivity index (χ1v) is 9.43. The van der Waals surface area contributed by atoms with Gasteiger partial charge in [0.05, 0.1) is 0 Å². The standard InChI is InChI=1S/C15H34NO2P/c1-2-3-4-5-6-7-8-9-10-11-12-13-14-15-16-19(17)18/h16-18H,2-15H2,1H3. The highest BCUT2D eigenvalue weighted by Gasteiger charge is 1.96. The zero-order chi connectivity index (χ0) is 14.2. The Morgan fingerprint density at radius 2 is 1.00 bits per heavy atom. The second-order valence-corrected chi connectivity index (χ2v) is 6.34. The van der Waals surface area contributed by atoms with Crippen molar-refractivity contribution in [2.75, 3.05) is 6.54 Å². The van der Waals surface area contributed by atoms with Gasteiger partial charge in [-0.05, 0) is 6.42 Å². The molecule has 0 saturated heterocycles. The first-order chi connectivity index (χ1) is 9.27. The Kier molecular flexibility index (Phi) is 16.6. The maximum absolute atomic E-state index is 8.65. The molecule has 4 heteroatoms. The Morgan fingerprint density at radius 1 is 0.632 bits per heavy atom. The Morgan fingerprint density at radius 3 is 1.37 bits per heavy atom. The number of unbranched alkanes of at least 4 members (excludes halogenated alkanes) is 12. The van der Waals surface area contributed by atoms with E-state index in [0.29, 0.717) is 0 Å². The first kappa shape index (κ1) is 19.3. The fourth-order valence-corrected chi connectivity index (χ4v) is 2.68. The lowest BCUT2D eigenvalue weighted by atomic mass is 10.0. The van der Waals surface area contributed by atoms with Crippen molar-refractivity contribution >= 4 is 8.53 Å². The normalized spacial score (nSPS) is 11.4. The van der Waals surface area contributed by atoms with Crippen molar-refractivity contribution in [2.24, 2.45) is 0 Å². The number of hydrogen-bond acceptors (Lipinski definition) is 3. The van der Waals surface area contributed by atoms with E-state index in [9.17, 15) is 0 Å². The van der Waals surface area contributed by atoms with Crippen LogP contribution in [0.2, 0.25) is 0 Å². The molecule has 0 bridgehead atoms. The van der Waals surface area contributed by atoms with Gasteiger partial charge in [-0.2, -0.15) is 0 Å². The van der Waals surface area contributed by atoms with Crippen molar-refractivity contribution < 1.29 is 9.79 Å². The average Bonchev–Trinajstić information content (AvgIpc) is 2.39. The topological polar surface area (TPSA) is 52.5 Å². The van der Waals surface area contributed by atoms with Gasteiger partial charge < -0.3 is 9.79 Å². The van der Waals surface area contributed by atoms with E-state index < -0.39 is 8.53 Å². The van der Waals surface area contributed by atoms with E-state index >= 15 is 0 Å². The summed E-state index contributed by atoms with van der Waals surface area (Å²) in [5.41, 5.74) is 0. The Hall–Kier alpha value is 0.310. The molecule has 0 aliphatic carbocycles.